The summed E-state index contributed by atoms with van der Waals surface area (Å²) in [6, 6.07) is 8.23. The van der Waals surface area contributed by atoms with Crippen LogP contribution >= 0.6 is 0 Å². The van der Waals surface area contributed by atoms with Gasteiger partial charge in [0.1, 0.15) is 6.04 Å². The molecule has 2 bridgehead atoms. The Morgan fingerprint density at radius 1 is 1.39 bits per heavy atom. The van der Waals surface area contributed by atoms with Crippen LogP contribution in [0.25, 0.3) is 0 Å². The van der Waals surface area contributed by atoms with Gasteiger partial charge >= 0.3 is 5.97 Å². The van der Waals surface area contributed by atoms with Gasteiger partial charge in [0.2, 0.25) is 0 Å². The minimum absolute atomic E-state index is 0.0108. The van der Waals surface area contributed by atoms with Crippen molar-refractivity contribution < 1.29 is 9.53 Å². The van der Waals surface area contributed by atoms with Crippen molar-refractivity contribution in [2.24, 2.45) is 11.1 Å². The first kappa shape index (κ1) is 11.7. The molecule has 0 aromatic heterocycles. The molecule has 3 fully saturated rings. The van der Waals surface area contributed by atoms with E-state index in [-0.39, 0.29) is 16.8 Å². The van der Waals surface area contributed by atoms with E-state index in [1.165, 1.54) is 18.2 Å². The Bertz CT molecular complexity index is 489. The van der Waals surface area contributed by atoms with Crippen LogP contribution in [0.4, 0.5) is 0 Å². The number of nitrogens with two attached hydrogens (primary N) is 1. The third-order valence-corrected chi connectivity index (χ3v) is 4.82. The number of carbonyl (C=O) groups excluding carboxylic acids is 1. The fourth-order valence-corrected chi connectivity index (χ4v) is 3.85. The van der Waals surface area contributed by atoms with Crippen LogP contribution < -0.4 is 5.73 Å². The van der Waals surface area contributed by atoms with Crippen LogP contribution in [0.5, 0.6) is 0 Å². The molecule has 3 saturated carbocycles. The van der Waals surface area contributed by atoms with Gasteiger partial charge in [-0.1, -0.05) is 29.8 Å². The second-order valence-electron chi connectivity index (χ2n) is 6.04. The highest BCUT2D eigenvalue weighted by atomic mass is 16.5. The maximum absolute atomic E-state index is 11.5. The summed E-state index contributed by atoms with van der Waals surface area (Å²) in [5, 5.41) is 0. The first-order valence-corrected chi connectivity index (χ1v) is 6.42. The van der Waals surface area contributed by atoms with Gasteiger partial charge in [0.25, 0.3) is 0 Å². The van der Waals surface area contributed by atoms with Gasteiger partial charge in [-0.25, -0.2) is 0 Å². The highest BCUT2D eigenvalue weighted by molar-refractivity contribution is 5.77. The smallest absolute Gasteiger partial charge is 0.323 e. The molecule has 18 heavy (non-hydrogen) atoms. The second-order valence-corrected chi connectivity index (χ2v) is 6.04. The van der Waals surface area contributed by atoms with Crippen LogP contribution in [0.1, 0.15) is 30.4 Å². The lowest BCUT2D eigenvalue weighted by atomic mass is 9.31. The predicted octanol–water partition coefficient (Wildman–Crippen LogP) is 1.92. The lowest BCUT2D eigenvalue weighted by Gasteiger charge is -2.72. The van der Waals surface area contributed by atoms with E-state index >= 15 is 0 Å². The first-order valence-electron chi connectivity index (χ1n) is 6.42. The van der Waals surface area contributed by atoms with Gasteiger partial charge in [0, 0.05) is 0 Å². The van der Waals surface area contributed by atoms with Crippen LogP contribution in [-0.4, -0.2) is 19.1 Å². The van der Waals surface area contributed by atoms with Crippen LogP contribution in [0.15, 0.2) is 24.3 Å². The van der Waals surface area contributed by atoms with Crippen LogP contribution in [0, 0.1) is 12.3 Å². The number of ether oxygens (including phenoxy) is 1. The summed E-state index contributed by atoms with van der Waals surface area (Å²) in [7, 11) is 1.41. The quantitative estimate of drug-likeness (QED) is 0.828. The lowest BCUT2D eigenvalue weighted by Crippen LogP contribution is -2.72. The summed E-state index contributed by atoms with van der Waals surface area (Å²) < 4.78 is 4.75. The molecule has 0 saturated heterocycles. The summed E-state index contributed by atoms with van der Waals surface area (Å²) in [4.78, 5) is 11.5. The number of hydrogen-bond acceptors (Lipinski definition) is 3. The average Bonchev–Trinajstić information content (AvgIpc) is 2.24. The third kappa shape index (κ3) is 1.37. The van der Waals surface area contributed by atoms with E-state index in [2.05, 4.69) is 31.2 Å². The fourth-order valence-electron chi connectivity index (χ4n) is 3.85. The molecule has 3 aliphatic carbocycles. The van der Waals surface area contributed by atoms with E-state index in [1.54, 1.807) is 0 Å². The van der Waals surface area contributed by atoms with E-state index in [9.17, 15) is 4.79 Å². The molecule has 0 heterocycles. The van der Waals surface area contributed by atoms with Crippen molar-refractivity contribution in [1.82, 2.24) is 0 Å². The Morgan fingerprint density at radius 3 is 2.61 bits per heavy atom. The molecular weight excluding hydrogens is 226 g/mol. The molecule has 0 aliphatic heterocycles. The normalized spacial score (nSPS) is 34.2. The molecule has 0 amide bonds. The van der Waals surface area contributed by atoms with Crippen molar-refractivity contribution in [1.29, 1.82) is 0 Å². The standard InChI is InChI=1S/C15H19NO2/c1-10-4-3-5-11(6-10)14-7-15(8-14,9-14)12(16)13(17)18-2/h3-6,12H,7-9,16H2,1-2H3. The van der Waals surface area contributed by atoms with E-state index in [4.69, 9.17) is 10.5 Å². The van der Waals surface area contributed by atoms with E-state index in [0.717, 1.165) is 19.3 Å². The minimum atomic E-state index is -0.450. The molecular formula is C15H19NO2. The van der Waals surface area contributed by atoms with Crippen LogP contribution in [0.3, 0.4) is 0 Å². The minimum Gasteiger partial charge on any atom is -0.468 e. The zero-order valence-electron chi connectivity index (χ0n) is 10.9. The van der Waals surface area contributed by atoms with Gasteiger partial charge in [-0.2, -0.15) is 0 Å². The van der Waals surface area contributed by atoms with Crippen molar-refractivity contribution in [3.63, 3.8) is 0 Å². The lowest BCUT2D eigenvalue weighted by molar-refractivity contribution is -0.181. The number of methoxy groups -OCH3 is 1. The maximum atomic E-state index is 11.5. The van der Waals surface area contributed by atoms with Gasteiger partial charge in [0.05, 0.1) is 7.11 Å². The topological polar surface area (TPSA) is 52.3 Å². The van der Waals surface area contributed by atoms with Gasteiger partial charge in [-0.15, -0.1) is 0 Å². The monoisotopic (exact) mass is 245 g/mol. The third-order valence-electron chi connectivity index (χ3n) is 4.82. The van der Waals surface area contributed by atoms with Gasteiger partial charge in [-0.05, 0) is 42.6 Å². The Hall–Kier alpha value is -1.35. The summed E-state index contributed by atoms with van der Waals surface area (Å²) >= 11 is 0. The van der Waals surface area contributed by atoms with Crippen molar-refractivity contribution in [2.45, 2.75) is 37.6 Å². The van der Waals surface area contributed by atoms with E-state index in [1.807, 2.05) is 0 Å². The molecule has 3 heteroatoms. The number of carbonyl (C=O) groups is 1. The van der Waals surface area contributed by atoms with E-state index < -0.39 is 6.04 Å². The molecule has 3 aliphatic rings. The molecule has 1 unspecified atom stereocenters. The van der Waals surface area contributed by atoms with Gasteiger partial charge in [0.15, 0.2) is 0 Å². The highest BCUT2D eigenvalue weighted by Crippen LogP contribution is 2.74. The van der Waals surface area contributed by atoms with Crippen LogP contribution in [-0.2, 0) is 14.9 Å². The molecule has 0 radical (unpaired) electrons. The highest BCUT2D eigenvalue weighted by Gasteiger charge is 2.71. The summed E-state index contributed by atoms with van der Waals surface area (Å²) in [5.74, 6) is -0.271. The number of hydrogen-bond donors (Lipinski definition) is 1. The Labute approximate surface area is 107 Å². The molecule has 0 spiro atoms. The SMILES string of the molecule is COC(=O)C(N)C12CC(c3cccc(C)c3)(C1)C2. The molecule has 3 nitrogen and oxygen atoms in total. The average molecular weight is 245 g/mol. The summed E-state index contributed by atoms with van der Waals surface area (Å²) in [6.07, 6.45) is 3.08. The zero-order chi connectivity index (χ0) is 13.0. The maximum Gasteiger partial charge on any atom is 0.323 e. The van der Waals surface area contributed by atoms with Crippen molar-refractivity contribution in [3.8, 4) is 0 Å². The second kappa shape index (κ2) is 3.58. The summed E-state index contributed by atoms with van der Waals surface area (Å²) in [5.41, 5.74) is 9.00. The number of esters is 1. The molecule has 4 rings (SSSR count). The number of benzene rings is 1. The predicted molar refractivity (Wildman–Crippen MR) is 69.1 cm³/mol. The summed E-state index contributed by atoms with van der Waals surface area (Å²) in [6.45, 7) is 2.12. The zero-order valence-corrected chi connectivity index (χ0v) is 10.9. The van der Waals surface area contributed by atoms with Crippen molar-refractivity contribution in [2.75, 3.05) is 7.11 Å². The molecule has 1 aromatic rings. The van der Waals surface area contributed by atoms with Crippen molar-refractivity contribution in [3.05, 3.63) is 35.4 Å². The Kier molecular flexibility index (Phi) is 2.33. The Balaban J connectivity index is 1.75. The van der Waals surface area contributed by atoms with Gasteiger partial charge < -0.3 is 10.5 Å². The molecule has 96 valence electrons. The van der Waals surface area contributed by atoms with Crippen LogP contribution in [0.2, 0.25) is 0 Å². The molecule has 1 atom stereocenters. The number of rotatable bonds is 3. The van der Waals surface area contributed by atoms with Crippen molar-refractivity contribution >= 4 is 5.97 Å². The van der Waals surface area contributed by atoms with Gasteiger partial charge in [-0.3, -0.25) is 4.79 Å². The number of aryl methyl sites for hydroxylation is 1. The largest absolute Gasteiger partial charge is 0.468 e. The van der Waals surface area contributed by atoms with E-state index in [0.29, 0.717) is 0 Å². The first-order chi connectivity index (χ1) is 8.51. The molecule has 1 aromatic carbocycles. The molecule has 2 N–H and O–H groups in total. The fraction of sp³-hybridized carbons (Fsp3) is 0.533. The Morgan fingerprint density at radius 2 is 2.06 bits per heavy atom.